The number of nitrogens with one attached hydrogen (secondary N) is 2. The highest BCUT2D eigenvalue weighted by atomic mass is 16.2. The maximum atomic E-state index is 11.4. The fourth-order valence-electron chi connectivity index (χ4n) is 1.34. The first-order valence-corrected chi connectivity index (χ1v) is 5.58. The monoisotopic (exact) mass is 235 g/mol. The van der Waals surface area contributed by atoms with E-state index < -0.39 is 6.03 Å². The number of unbranched alkanes of at least 4 members (excludes halogenated alkanes) is 1. The summed E-state index contributed by atoms with van der Waals surface area (Å²) in [5.41, 5.74) is 6.29. The van der Waals surface area contributed by atoms with Crippen LogP contribution in [0, 0.1) is 0 Å². The van der Waals surface area contributed by atoms with Gasteiger partial charge in [-0.2, -0.15) is 0 Å². The lowest BCUT2D eigenvalue weighted by atomic mass is 10.2. The van der Waals surface area contributed by atoms with E-state index in [1.54, 1.807) is 24.3 Å². The molecule has 0 aliphatic heterocycles. The van der Waals surface area contributed by atoms with Crippen molar-refractivity contribution in [2.24, 2.45) is 5.73 Å². The average molecular weight is 235 g/mol. The van der Waals surface area contributed by atoms with E-state index in [4.69, 9.17) is 5.73 Å². The van der Waals surface area contributed by atoms with Crippen LogP contribution in [0.4, 0.5) is 16.2 Å². The van der Waals surface area contributed by atoms with Crippen molar-refractivity contribution in [2.75, 3.05) is 10.6 Å². The molecule has 0 aliphatic carbocycles. The maximum absolute atomic E-state index is 11.4. The standard InChI is InChI=1S/C12H17N3O2/c1-2-3-4-11(16)14-9-5-7-10(8-6-9)15-12(13)17/h5-8H,2-4H2,1H3,(H,14,16)(H3,13,15,17). The van der Waals surface area contributed by atoms with E-state index in [1.165, 1.54) is 0 Å². The fourth-order valence-corrected chi connectivity index (χ4v) is 1.34. The van der Waals surface area contributed by atoms with Gasteiger partial charge >= 0.3 is 6.03 Å². The Balaban J connectivity index is 2.50. The first-order valence-electron chi connectivity index (χ1n) is 5.58. The van der Waals surface area contributed by atoms with E-state index in [1.807, 2.05) is 6.92 Å². The van der Waals surface area contributed by atoms with Gasteiger partial charge < -0.3 is 16.4 Å². The van der Waals surface area contributed by atoms with Gasteiger partial charge in [-0.15, -0.1) is 0 Å². The number of primary amides is 1. The van der Waals surface area contributed by atoms with Crippen molar-refractivity contribution in [2.45, 2.75) is 26.2 Å². The van der Waals surface area contributed by atoms with E-state index in [-0.39, 0.29) is 5.91 Å². The molecule has 3 amide bonds. The Labute approximate surface area is 100 Å². The number of hydrogen-bond donors (Lipinski definition) is 3. The molecule has 0 bridgehead atoms. The van der Waals surface area contributed by atoms with Crippen LogP contribution in [0.3, 0.4) is 0 Å². The van der Waals surface area contributed by atoms with Crippen LogP contribution in [0.15, 0.2) is 24.3 Å². The Kier molecular flexibility index (Phi) is 5.00. The lowest BCUT2D eigenvalue weighted by Gasteiger charge is -2.06. The minimum absolute atomic E-state index is 0.00228. The quantitative estimate of drug-likeness (QED) is 0.731. The van der Waals surface area contributed by atoms with E-state index in [2.05, 4.69) is 10.6 Å². The summed E-state index contributed by atoms with van der Waals surface area (Å²) in [6.45, 7) is 2.04. The zero-order valence-electron chi connectivity index (χ0n) is 9.82. The molecule has 0 saturated heterocycles. The normalized spacial score (nSPS) is 9.71. The van der Waals surface area contributed by atoms with Crippen LogP contribution in [-0.4, -0.2) is 11.9 Å². The lowest BCUT2D eigenvalue weighted by molar-refractivity contribution is -0.116. The van der Waals surface area contributed by atoms with Gasteiger partial charge in [0.05, 0.1) is 0 Å². The number of hydrogen-bond acceptors (Lipinski definition) is 2. The number of carbonyl (C=O) groups is 2. The van der Waals surface area contributed by atoms with Gasteiger partial charge in [0.2, 0.25) is 5.91 Å². The predicted octanol–water partition coefficient (Wildman–Crippen LogP) is 2.31. The fraction of sp³-hybridized carbons (Fsp3) is 0.333. The molecule has 0 radical (unpaired) electrons. The number of rotatable bonds is 5. The van der Waals surface area contributed by atoms with Crippen LogP contribution in [0.2, 0.25) is 0 Å². The summed E-state index contributed by atoms with van der Waals surface area (Å²) >= 11 is 0. The number of carbonyl (C=O) groups excluding carboxylic acids is 2. The predicted molar refractivity (Wildman–Crippen MR) is 67.8 cm³/mol. The van der Waals surface area contributed by atoms with Crippen LogP contribution < -0.4 is 16.4 Å². The molecule has 1 aromatic rings. The smallest absolute Gasteiger partial charge is 0.316 e. The maximum Gasteiger partial charge on any atom is 0.316 e. The molecule has 0 fully saturated rings. The van der Waals surface area contributed by atoms with Gasteiger partial charge in [-0.25, -0.2) is 4.79 Å². The molecule has 1 aromatic carbocycles. The van der Waals surface area contributed by atoms with Crippen molar-refractivity contribution in [3.63, 3.8) is 0 Å². The first-order chi connectivity index (χ1) is 8.11. The number of urea groups is 1. The van der Waals surface area contributed by atoms with Crippen LogP contribution in [0.5, 0.6) is 0 Å². The van der Waals surface area contributed by atoms with Crippen LogP contribution in [0.25, 0.3) is 0 Å². The number of anilines is 2. The van der Waals surface area contributed by atoms with E-state index in [0.717, 1.165) is 12.8 Å². The molecular weight excluding hydrogens is 218 g/mol. The Morgan fingerprint density at radius 1 is 1.12 bits per heavy atom. The first kappa shape index (κ1) is 13.0. The zero-order chi connectivity index (χ0) is 12.7. The molecule has 5 heteroatoms. The third kappa shape index (κ3) is 5.01. The number of nitrogens with two attached hydrogens (primary N) is 1. The number of benzene rings is 1. The van der Waals surface area contributed by atoms with Crippen LogP contribution >= 0.6 is 0 Å². The molecule has 0 saturated carbocycles. The second-order valence-electron chi connectivity index (χ2n) is 3.72. The highest BCUT2D eigenvalue weighted by molar-refractivity contribution is 5.91. The Bertz CT molecular complexity index is 387. The van der Waals surface area contributed by atoms with Gasteiger partial charge in [0, 0.05) is 17.8 Å². The molecule has 1 rings (SSSR count). The molecule has 0 atom stereocenters. The summed E-state index contributed by atoms with van der Waals surface area (Å²) in [6, 6.07) is 6.19. The molecule has 92 valence electrons. The van der Waals surface area contributed by atoms with Gasteiger partial charge in [-0.3, -0.25) is 4.79 Å². The topological polar surface area (TPSA) is 84.2 Å². The molecule has 0 unspecified atom stereocenters. The SMILES string of the molecule is CCCCC(=O)Nc1ccc(NC(N)=O)cc1. The average Bonchev–Trinajstić information content (AvgIpc) is 2.28. The summed E-state index contributed by atoms with van der Waals surface area (Å²) in [5.74, 6) is 0.00228. The van der Waals surface area contributed by atoms with Crippen LogP contribution in [0.1, 0.15) is 26.2 Å². The second-order valence-corrected chi connectivity index (χ2v) is 3.72. The molecular formula is C12H17N3O2. The third-order valence-corrected chi connectivity index (χ3v) is 2.19. The number of amides is 3. The molecule has 0 heterocycles. The van der Waals surface area contributed by atoms with Crippen molar-refractivity contribution in [1.82, 2.24) is 0 Å². The minimum Gasteiger partial charge on any atom is -0.351 e. The second kappa shape index (κ2) is 6.52. The molecule has 0 aromatic heterocycles. The highest BCUT2D eigenvalue weighted by Gasteiger charge is 2.01. The zero-order valence-corrected chi connectivity index (χ0v) is 9.82. The summed E-state index contributed by atoms with van der Waals surface area (Å²) < 4.78 is 0. The van der Waals surface area contributed by atoms with Gasteiger partial charge in [-0.1, -0.05) is 13.3 Å². The van der Waals surface area contributed by atoms with Crippen molar-refractivity contribution < 1.29 is 9.59 Å². The van der Waals surface area contributed by atoms with Crippen molar-refractivity contribution in [3.8, 4) is 0 Å². The Morgan fingerprint density at radius 3 is 2.12 bits per heavy atom. The molecule has 0 aliphatic rings. The Morgan fingerprint density at radius 2 is 1.65 bits per heavy atom. The van der Waals surface area contributed by atoms with Crippen molar-refractivity contribution in [1.29, 1.82) is 0 Å². The molecule has 0 spiro atoms. The molecule has 5 nitrogen and oxygen atoms in total. The third-order valence-electron chi connectivity index (χ3n) is 2.19. The largest absolute Gasteiger partial charge is 0.351 e. The van der Waals surface area contributed by atoms with Crippen molar-refractivity contribution in [3.05, 3.63) is 24.3 Å². The summed E-state index contributed by atoms with van der Waals surface area (Å²) in [4.78, 5) is 22.0. The lowest BCUT2D eigenvalue weighted by Crippen LogP contribution is -2.19. The highest BCUT2D eigenvalue weighted by Crippen LogP contribution is 2.13. The van der Waals surface area contributed by atoms with Gasteiger partial charge in [0.15, 0.2) is 0 Å². The van der Waals surface area contributed by atoms with E-state index >= 15 is 0 Å². The Hall–Kier alpha value is -2.04. The molecule has 17 heavy (non-hydrogen) atoms. The van der Waals surface area contributed by atoms with Gasteiger partial charge in [0.1, 0.15) is 0 Å². The van der Waals surface area contributed by atoms with E-state index in [0.29, 0.717) is 17.8 Å². The van der Waals surface area contributed by atoms with E-state index in [9.17, 15) is 9.59 Å². The van der Waals surface area contributed by atoms with Crippen LogP contribution in [-0.2, 0) is 4.79 Å². The molecule has 4 N–H and O–H groups in total. The van der Waals surface area contributed by atoms with Gasteiger partial charge in [-0.05, 0) is 30.7 Å². The minimum atomic E-state index is -0.607. The summed E-state index contributed by atoms with van der Waals surface area (Å²) in [6.07, 6.45) is 2.40. The summed E-state index contributed by atoms with van der Waals surface area (Å²) in [5, 5.41) is 5.22. The van der Waals surface area contributed by atoms with Crippen molar-refractivity contribution >= 4 is 23.3 Å². The summed E-state index contributed by atoms with van der Waals surface area (Å²) in [7, 11) is 0. The van der Waals surface area contributed by atoms with Gasteiger partial charge in [0.25, 0.3) is 0 Å².